The van der Waals surface area contributed by atoms with Crippen LogP contribution in [0.2, 0.25) is 0 Å². The van der Waals surface area contributed by atoms with E-state index in [0.29, 0.717) is 25.0 Å². The van der Waals surface area contributed by atoms with E-state index in [1.54, 1.807) is 0 Å². The second-order valence-electron chi connectivity index (χ2n) is 11.4. The third-order valence-corrected chi connectivity index (χ3v) is 7.78. The fourth-order valence-electron chi connectivity index (χ4n) is 5.19. The smallest absolute Gasteiger partial charge is 0.196 e. The van der Waals surface area contributed by atoms with Gasteiger partial charge in [0.2, 0.25) is 0 Å². The molecule has 6 nitrogen and oxygen atoms in total. The van der Waals surface area contributed by atoms with Crippen LogP contribution in [-0.4, -0.2) is 35.0 Å². The van der Waals surface area contributed by atoms with E-state index >= 15 is 0 Å². The number of aromatic nitrogens is 2. The Kier molecular flexibility index (Phi) is 6.70. The number of hydrogen-bond acceptors (Lipinski definition) is 6. The van der Waals surface area contributed by atoms with Gasteiger partial charge in [0.25, 0.3) is 0 Å². The van der Waals surface area contributed by atoms with Gasteiger partial charge < -0.3 is 9.47 Å². The van der Waals surface area contributed by atoms with Crippen LogP contribution in [0.4, 0.5) is 0 Å². The molecule has 0 unspecified atom stereocenters. The number of pyridine rings is 2. The Hall–Kier alpha value is -4.32. The number of aliphatic imine (C=N–C) groups is 2. The van der Waals surface area contributed by atoms with Gasteiger partial charge in [-0.15, -0.1) is 0 Å². The molecule has 0 radical (unpaired) electrons. The molecule has 0 bridgehead atoms. The van der Waals surface area contributed by atoms with Crippen LogP contribution in [-0.2, 0) is 20.3 Å². The monoisotopic (exact) mass is 530 g/mol. The summed E-state index contributed by atoms with van der Waals surface area (Å²) in [6.07, 6.45) is 0. The van der Waals surface area contributed by atoms with Crippen LogP contribution in [0.5, 0.6) is 0 Å². The first-order valence-electron chi connectivity index (χ1n) is 13.8. The average molecular weight is 531 g/mol. The van der Waals surface area contributed by atoms with E-state index in [-0.39, 0.29) is 12.1 Å². The molecule has 0 saturated heterocycles. The van der Waals surface area contributed by atoms with E-state index in [9.17, 15) is 0 Å². The molecule has 2 atom stereocenters. The molecule has 0 fully saturated rings. The highest BCUT2D eigenvalue weighted by Gasteiger charge is 2.37. The van der Waals surface area contributed by atoms with Crippen molar-refractivity contribution in [2.45, 2.75) is 50.6 Å². The lowest BCUT2D eigenvalue weighted by Gasteiger charge is -2.25. The normalized spacial score (nSPS) is 19.0. The standard InChI is InChI=1S/C34H34N4O2/c1-33(2,31-37-27(21-39-31)23-13-7-5-8-14-23)29-19-11-17-25(35-29)26-18-12-20-30(36-26)34(3,4)32-38-28(22-40-32)24-15-9-6-10-16-24/h5-20,27-28H,21-22H2,1-4H3/t27-,28-/m0/s1. The second kappa shape index (κ2) is 10.3. The molecule has 4 heterocycles. The van der Waals surface area contributed by atoms with Gasteiger partial charge in [-0.05, 0) is 63.1 Å². The van der Waals surface area contributed by atoms with Gasteiger partial charge in [-0.25, -0.2) is 9.98 Å². The van der Waals surface area contributed by atoms with Crippen molar-refractivity contribution in [3.8, 4) is 11.4 Å². The Morgan fingerprint density at radius 1 is 0.525 bits per heavy atom. The summed E-state index contributed by atoms with van der Waals surface area (Å²) in [7, 11) is 0. The molecule has 2 aromatic heterocycles. The fourth-order valence-corrected chi connectivity index (χ4v) is 5.19. The lowest BCUT2D eigenvalue weighted by Crippen LogP contribution is -2.31. The van der Waals surface area contributed by atoms with Gasteiger partial charge in [0, 0.05) is 0 Å². The number of ether oxygens (including phenoxy) is 2. The van der Waals surface area contributed by atoms with Crippen molar-refractivity contribution in [1.82, 2.24) is 9.97 Å². The third-order valence-electron chi connectivity index (χ3n) is 7.78. The minimum absolute atomic E-state index is 0.00134. The van der Waals surface area contributed by atoms with E-state index in [4.69, 9.17) is 29.4 Å². The van der Waals surface area contributed by atoms with E-state index in [2.05, 4.69) is 52.0 Å². The summed E-state index contributed by atoms with van der Waals surface area (Å²) >= 11 is 0. The molecule has 2 aliphatic heterocycles. The molecule has 0 saturated carbocycles. The van der Waals surface area contributed by atoms with Gasteiger partial charge in [0.15, 0.2) is 11.8 Å². The molecule has 0 aliphatic carbocycles. The maximum atomic E-state index is 6.11. The van der Waals surface area contributed by atoms with E-state index in [1.165, 1.54) is 0 Å². The van der Waals surface area contributed by atoms with Crippen LogP contribution in [0.3, 0.4) is 0 Å². The quantitative estimate of drug-likeness (QED) is 0.257. The maximum absolute atomic E-state index is 6.11. The molecule has 0 amide bonds. The average Bonchev–Trinajstić information content (AvgIpc) is 3.70. The van der Waals surface area contributed by atoms with Crippen molar-refractivity contribution in [3.05, 3.63) is 120 Å². The van der Waals surface area contributed by atoms with Gasteiger partial charge in [0.1, 0.15) is 25.3 Å². The Labute approximate surface area is 235 Å². The molecule has 202 valence electrons. The maximum Gasteiger partial charge on any atom is 0.196 e. The zero-order valence-corrected chi connectivity index (χ0v) is 23.4. The summed E-state index contributed by atoms with van der Waals surface area (Å²) in [4.78, 5) is 20.0. The zero-order valence-electron chi connectivity index (χ0n) is 23.4. The first-order valence-corrected chi connectivity index (χ1v) is 13.8. The SMILES string of the molecule is CC(C)(C1=N[C@H](c2ccccc2)CO1)c1cccc(-c2cccc(C(C)(C)C3=N[C@H](c4ccccc4)CO3)n2)n1. The van der Waals surface area contributed by atoms with E-state index in [0.717, 1.165) is 33.9 Å². The van der Waals surface area contributed by atoms with Gasteiger partial charge in [-0.2, -0.15) is 0 Å². The summed E-state index contributed by atoms with van der Waals surface area (Å²) in [6, 6.07) is 32.7. The van der Waals surface area contributed by atoms with Crippen LogP contribution in [0.1, 0.15) is 62.3 Å². The van der Waals surface area contributed by atoms with Crippen molar-refractivity contribution in [3.63, 3.8) is 0 Å². The van der Waals surface area contributed by atoms with E-state index < -0.39 is 10.8 Å². The minimum atomic E-state index is -0.491. The number of benzene rings is 2. The summed E-state index contributed by atoms with van der Waals surface area (Å²) in [5, 5.41) is 0. The highest BCUT2D eigenvalue weighted by atomic mass is 16.5. The first kappa shape index (κ1) is 25.9. The predicted molar refractivity (Wildman–Crippen MR) is 159 cm³/mol. The fraction of sp³-hybridized carbons (Fsp3) is 0.294. The first-order chi connectivity index (χ1) is 19.3. The predicted octanol–water partition coefficient (Wildman–Crippen LogP) is 7.04. The molecule has 2 aliphatic rings. The van der Waals surface area contributed by atoms with Crippen molar-refractivity contribution < 1.29 is 9.47 Å². The van der Waals surface area contributed by atoms with Crippen LogP contribution < -0.4 is 0 Å². The van der Waals surface area contributed by atoms with E-state index in [1.807, 2.05) is 72.8 Å². The lowest BCUT2D eigenvalue weighted by atomic mass is 9.87. The molecule has 0 N–H and O–H groups in total. The summed E-state index contributed by atoms with van der Waals surface area (Å²) in [5.74, 6) is 1.41. The number of nitrogens with zero attached hydrogens (tertiary/aromatic N) is 4. The van der Waals surface area contributed by atoms with Crippen molar-refractivity contribution in [2.75, 3.05) is 13.2 Å². The molecule has 6 rings (SSSR count). The highest BCUT2D eigenvalue weighted by molar-refractivity contribution is 5.89. The summed E-state index contributed by atoms with van der Waals surface area (Å²) in [5.41, 5.74) is 4.71. The van der Waals surface area contributed by atoms with Gasteiger partial charge >= 0.3 is 0 Å². The number of rotatable bonds is 7. The Morgan fingerprint density at radius 2 is 0.925 bits per heavy atom. The van der Waals surface area contributed by atoms with Crippen LogP contribution in [0, 0.1) is 0 Å². The largest absolute Gasteiger partial charge is 0.478 e. The molecule has 0 spiro atoms. The molecule has 4 aromatic rings. The van der Waals surface area contributed by atoms with Crippen LogP contribution >= 0.6 is 0 Å². The third kappa shape index (κ3) is 4.90. The summed E-state index contributed by atoms with van der Waals surface area (Å²) < 4.78 is 12.2. The van der Waals surface area contributed by atoms with Gasteiger partial charge in [-0.3, -0.25) is 9.97 Å². The highest BCUT2D eigenvalue weighted by Crippen LogP contribution is 2.35. The molecular weight excluding hydrogens is 496 g/mol. The molecule has 2 aromatic carbocycles. The molecular formula is C34H34N4O2. The zero-order chi connectivity index (χ0) is 27.7. The Balaban J connectivity index is 1.26. The van der Waals surface area contributed by atoms with Crippen LogP contribution in [0.25, 0.3) is 11.4 Å². The van der Waals surface area contributed by atoms with Crippen molar-refractivity contribution in [2.24, 2.45) is 9.98 Å². The van der Waals surface area contributed by atoms with Crippen molar-refractivity contribution >= 4 is 11.8 Å². The van der Waals surface area contributed by atoms with Gasteiger partial charge in [-0.1, -0.05) is 72.8 Å². The van der Waals surface area contributed by atoms with Gasteiger partial charge in [0.05, 0.1) is 33.6 Å². The summed E-state index contributed by atoms with van der Waals surface area (Å²) in [6.45, 7) is 9.51. The molecule has 6 heteroatoms. The Morgan fingerprint density at radius 3 is 1.32 bits per heavy atom. The topological polar surface area (TPSA) is 69.0 Å². The Bertz CT molecular complexity index is 1440. The second-order valence-corrected chi connectivity index (χ2v) is 11.4. The van der Waals surface area contributed by atoms with Crippen molar-refractivity contribution in [1.29, 1.82) is 0 Å². The van der Waals surface area contributed by atoms with Crippen LogP contribution in [0.15, 0.2) is 107 Å². The molecule has 40 heavy (non-hydrogen) atoms. The minimum Gasteiger partial charge on any atom is -0.478 e. The number of hydrogen-bond donors (Lipinski definition) is 0. The lowest BCUT2D eigenvalue weighted by molar-refractivity contribution is 0.295.